The molecule has 3 heteroatoms. The van der Waals surface area contributed by atoms with Gasteiger partial charge in [-0.3, -0.25) is 4.79 Å². The van der Waals surface area contributed by atoms with Crippen molar-refractivity contribution < 1.29 is 4.79 Å². The molecule has 3 aromatic rings. The molecular formula is C19H18N2O. The number of nitrogens with zero attached hydrogens (tertiary/aromatic N) is 1. The lowest BCUT2D eigenvalue weighted by Crippen LogP contribution is -2.28. The van der Waals surface area contributed by atoms with Gasteiger partial charge in [-0.2, -0.15) is 0 Å². The van der Waals surface area contributed by atoms with Crippen LogP contribution in [0, 0.1) is 0 Å². The van der Waals surface area contributed by atoms with Crippen molar-refractivity contribution >= 4 is 16.8 Å². The second kappa shape index (κ2) is 6.39. The third-order valence-electron chi connectivity index (χ3n) is 3.77. The lowest BCUT2D eigenvalue weighted by Gasteiger charge is -2.13. The second-order valence-corrected chi connectivity index (χ2v) is 5.41. The molecule has 1 aromatic heterocycles. The molecule has 0 aliphatic carbocycles. The van der Waals surface area contributed by atoms with E-state index in [-0.39, 0.29) is 11.8 Å². The van der Waals surface area contributed by atoms with Crippen molar-refractivity contribution in [1.29, 1.82) is 0 Å². The van der Waals surface area contributed by atoms with E-state index in [0.29, 0.717) is 12.2 Å². The molecule has 0 spiro atoms. The van der Waals surface area contributed by atoms with Crippen LogP contribution >= 0.6 is 0 Å². The Morgan fingerprint density at radius 3 is 2.55 bits per heavy atom. The number of carbonyl (C=O) groups excluding carboxylic acids is 1. The van der Waals surface area contributed by atoms with Gasteiger partial charge >= 0.3 is 0 Å². The van der Waals surface area contributed by atoms with Gasteiger partial charge in [0, 0.05) is 11.9 Å². The van der Waals surface area contributed by atoms with Gasteiger partial charge < -0.3 is 5.32 Å². The SMILES string of the molecule is C[C@H](CNC(=O)c1ccc2ccccc2n1)c1ccccc1. The van der Waals surface area contributed by atoms with Crippen LogP contribution in [0.4, 0.5) is 0 Å². The van der Waals surface area contributed by atoms with E-state index >= 15 is 0 Å². The summed E-state index contributed by atoms with van der Waals surface area (Å²) in [6, 6.07) is 21.7. The summed E-state index contributed by atoms with van der Waals surface area (Å²) in [5.74, 6) is 0.138. The maximum absolute atomic E-state index is 12.3. The minimum absolute atomic E-state index is 0.131. The number of hydrogen-bond donors (Lipinski definition) is 1. The first kappa shape index (κ1) is 14.3. The largest absolute Gasteiger partial charge is 0.350 e. The molecule has 3 nitrogen and oxygen atoms in total. The quantitative estimate of drug-likeness (QED) is 0.794. The molecule has 0 aliphatic rings. The maximum atomic E-state index is 12.3. The summed E-state index contributed by atoms with van der Waals surface area (Å²) in [6.45, 7) is 2.70. The van der Waals surface area contributed by atoms with Gasteiger partial charge in [0.15, 0.2) is 0 Å². The molecule has 1 N–H and O–H groups in total. The van der Waals surface area contributed by atoms with Crippen LogP contribution in [0.1, 0.15) is 28.9 Å². The number of aromatic nitrogens is 1. The van der Waals surface area contributed by atoms with Crippen molar-refractivity contribution in [2.75, 3.05) is 6.54 Å². The molecule has 110 valence electrons. The molecule has 0 unspecified atom stereocenters. The number of amides is 1. The molecule has 1 atom stereocenters. The van der Waals surface area contributed by atoms with Gasteiger partial charge in [-0.15, -0.1) is 0 Å². The number of benzene rings is 2. The summed E-state index contributed by atoms with van der Waals surface area (Å²) < 4.78 is 0. The Kier molecular flexibility index (Phi) is 4.15. The zero-order chi connectivity index (χ0) is 15.4. The predicted molar refractivity (Wildman–Crippen MR) is 88.9 cm³/mol. The highest BCUT2D eigenvalue weighted by Crippen LogP contribution is 2.14. The van der Waals surface area contributed by atoms with E-state index in [1.807, 2.05) is 48.5 Å². The lowest BCUT2D eigenvalue weighted by atomic mass is 10.0. The van der Waals surface area contributed by atoms with Gasteiger partial charge in [0.1, 0.15) is 5.69 Å². The number of para-hydroxylation sites is 1. The molecule has 3 rings (SSSR count). The van der Waals surface area contributed by atoms with Gasteiger partial charge in [-0.1, -0.05) is 61.5 Å². The molecular weight excluding hydrogens is 272 g/mol. The average molecular weight is 290 g/mol. The third kappa shape index (κ3) is 3.14. The van der Waals surface area contributed by atoms with Crippen LogP contribution in [0.2, 0.25) is 0 Å². The molecule has 0 saturated heterocycles. The Labute approximate surface area is 130 Å². The zero-order valence-electron chi connectivity index (χ0n) is 12.5. The Balaban J connectivity index is 1.68. The summed E-state index contributed by atoms with van der Waals surface area (Å²) in [5, 5.41) is 4.00. The summed E-state index contributed by atoms with van der Waals surface area (Å²) >= 11 is 0. The Morgan fingerprint density at radius 1 is 1.00 bits per heavy atom. The first-order valence-electron chi connectivity index (χ1n) is 7.43. The average Bonchev–Trinajstić information content (AvgIpc) is 2.59. The van der Waals surface area contributed by atoms with Gasteiger partial charge in [0.25, 0.3) is 5.91 Å². The van der Waals surface area contributed by atoms with Crippen molar-refractivity contribution in [2.45, 2.75) is 12.8 Å². The van der Waals surface area contributed by atoms with E-state index < -0.39 is 0 Å². The minimum Gasteiger partial charge on any atom is -0.350 e. The van der Waals surface area contributed by atoms with Gasteiger partial charge in [-0.25, -0.2) is 4.98 Å². The first-order valence-corrected chi connectivity index (χ1v) is 7.43. The highest BCUT2D eigenvalue weighted by molar-refractivity contribution is 5.94. The van der Waals surface area contributed by atoms with Crippen molar-refractivity contribution in [1.82, 2.24) is 10.3 Å². The number of carbonyl (C=O) groups is 1. The molecule has 0 saturated carbocycles. The highest BCUT2D eigenvalue weighted by Gasteiger charge is 2.10. The van der Waals surface area contributed by atoms with Crippen LogP contribution in [0.5, 0.6) is 0 Å². The van der Waals surface area contributed by atoms with Crippen molar-refractivity contribution in [3.63, 3.8) is 0 Å². The van der Waals surface area contributed by atoms with Gasteiger partial charge in [0.05, 0.1) is 5.52 Å². The summed E-state index contributed by atoms with van der Waals surface area (Å²) in [7, 11) is 0. The van der Waals surface area contributed by atoms with Crippen LogP contribution in [-0.2, 0) is 0 Å². The van der Waals surface area contributed by atoms with E-state index in [1.165, 1.54) is 5.56 Å². The zero-order valence-corrected chi connectivity index (χ0v) is 12.5. The maximum Gasteiger partial charge on any atom is 0.269 e. The van der Waals surface area contributed by atoms with E-state index in [9.17, 15) is 4.79 Å². The third-order valence-corrected chi connectivity index (χ3v) is 3.77. The topological polar surface area (TPSA) is 42.0 Å². The smallest absolute Gasteiger partial charge is 0.269 e. The predicted octanol–water partition coefficient (Wildman–Crippen LogP) is 3.77. The fourth-order valence-electron chi connectivity index (χ4n) is 2.43. The molecule has 2 aromatic carbocycles. The number of fused-ring (bicyclic) bond motifs is 1. The molecule has 0 aliphatic heterocycles. The number of rotatable bonds is 4. The summed E-state index contributed by atoms with van der Waals surface area (Å²) in [6.07, 6.45) is 0. The molecule has 1 heterocycles. The Bertz CT molecular complexity index is 784. The minimum atomic E-state index is -0.131. The number of hydrogen-bond acceptors (Lipinski definition) is 2. The van der Waals surface area contributed by atoms with Crippen LogP contribution in [0.15, 0.2) is 66.7 Å². The normalized spacial score (nSPS) is 12.0. The number of nitrogens with one attached hydrogen (secondary N) is 1. The van der Waals surface area contributed by atoms with Gasteiger partial charge in [0.2, 0.25) is 0 Å². The van der Waals surface area contributed by atoms with E-state index in [1.54, 1.807) is 6.07 Å². The van der Waals surface area contributed by atoms with Crippen LogP contribution in [0.25, 0.3) is 10.9 Å². The Morgan fingerprint density at radius 2 is 1.73 bits per heavy atom. The first-order chi connectivity index (χ1) is 10.7. The molecule has 0 radical (unpaired) electrons. The van der Waals surface area contributed by atoms with E-state index in [2.05, 4.69) is 29.4 Å². The molecule has 0 bridgehead atoms. The lowest BCUT2D eigenvalue weighted by molar-refractivity contribution is 0.0947. The molecule has 0 fully saturated rings. The van der Waals surface area contributed by atoms with Crippen LogP contribution < -0.4 is 5.32 Å². The fraction of sp³-hybridized carbons (Fsp3) is 0.158. The highest BCUT2D eigenvalue weighted by atomic mass is 16.1. The molecule has 1 amide bonds. The van der Waals surface area contributed by atoms with Crippen molar-refractivity contribution in [3.05, 3.63) is 78.0 Å². The van der Waals surface area contributed by atoms with Gasteiger partial charge in [-0.05, 0) is 23.6 Å². The van der Waals surface area contributed by atoms with E-state index in [0.717, 1.165) is 10.9 Å². The number of pyridine rings is 1. The monoisotopic (exact) mass is 290 g/mol. The molecule has 22 heavy (non-hydrogen) atoms. The van der Waals surface area contributed by atoms with Crippen molar-refractivity contribution in [3.8, 4) is 0 Å². The fourth-order valence-corrected chi connectivity index (χ4v) is 2.43. The Hall–Kier alpha value is -2.68. The second-order valence-electron chi connectivity index (χ2n) is 5.41. The standard InChI is InChI=1S/C19H18N2O/c1-14(15-7-3-2-4-8-15)13-20-19(22)18-12-11-16-9-5-6-10-17(16)21-18/h2-12,14H,13H2,1H3,(H,20,22)/t14-/m1/s1. The van der Waals surface area contributed by atoms with Crippen LogP contribution in [-0.4, -0.2) is 17.4 Å². The van der Waals surface area contributed by atoms with Crippen LogP contribution in [0.3, 0.4) is 0 Å². The van der Waals surface area contributed by atoms with E-state index in [4.69, 9.17) is 0 Å². The van der Waals surface area contributed by atoms with Crippen molar-refractivity contribution in [2.24, 2.45) is 0 Å². The summed E-state index contributed by atoms with van der Waals surface area (Å²) in [4.78, 5) is 16.7. The summed E-state index contributed by atoms with van der Waals surface area (Å²) in [5.41, 5.74) is 2.51.